The van der Waals surface area contributed by atoms with E-state index >= 15 is 0 Å². The lowest BCUT2D eigenvalue weighted by Crippen LogP contribution is -2.61. The second-order valence-corrected chi connectivity index (χ2v) is 6.27. The zero-order chi connectivity index (χ0) is 12.9. The summed E-state index contributed by atoms with van der Waals surface area (Å²) < 4.78 is 5.70. The fourth-order valence-electron chi connectivity index (χ4n) is 2.38. The van der Waals surface area contributed by atoms with Crippen LogP contribution in [0.3, 0.4) is 0 Å². The summed E-state index contributed by atoms with van der Waals surface area (Å²) in [5.74, 6) is 0.636. The van der Waals surface area contributed by atoms with Crippen molar-refractivity contribution in [2.24, 2.45) is 5.92 Å². The maximum atomic E-state index is 5.70. The van der Waals surface area contributed by atoms with Gasteiger partial charge in [0.1, 0.15) is 0 Å². The Balaban J connectivity index is 2.32. The molecule has 0 aromatic rings. The number of ether oxygens (including phenoxy) is 1. The second-order valence-electron chi connectivity index (χ2n) is 6.27. The largest absolute Gasteiger partial charge is 0.380 e. The van der Waals surface area contributed by atoms with Crippen molar-refractivity contribution in [1.82, 2.24) is 10.2 Å². The van der Waals surface area contributed by atoms with Crippen molar-refractivity contribution in [3.05, 3.63) is 0 Å². The van der Waals surface area contributed by atoms with Gasteiger partial charge in [-0.15, -0.1) is 0 Å². The minimum atomic E-state index is 0.240. The maximum Gasteiger partial charge on any atom is 0.0593 e. The third kappa shape index (κ3) is 5.36. The summed E-state index contributed by atoms with van der Waals surface area (Å²) in [6, 6.07) is 0.672. The minimum absolute atomic E-state index is 0.240. The lowest BCUT2D eigenvalue weighted by molar-refractivity contribution is 0.0406. The second kappa shape index (κ2) is 6.72. The Morgan fingerprint density at radius 3 is 2.71 bits per heavy atom. The smallest absolute Gasteiger partial charge is 0.0593 e. The van der Waals surface area contributed by atoms with Crippen molar-refractivity contribution < 1.29 is 4.74 Å². The van der Waals surface area contributed by atoms with Crippen LogP contribution in [0.4, 0.5) is 0 Å². The maximum absolute atomic E-state index is 5.70. The molecule has 1 unspecified atom stereocenters. The quantitative estimate of drug-likeness (QED) is 0.722. The van der Waals surface area contributed by atoms with Crippen LogP contribution in [-0.4, -0.2) is 49.3 Å². The molecule has 0 radical (unpaired) electrons. The van der Waals surface area contributed by atoms with Crippen LogP contribution in [0.2, 0.25) is 0 Å². The molecule has 1 N–H and O–H groups in total. The molecule has 1 heterocycles. The van der Waals surface area contributed by atoms with Crippen LogP contribution in [0.15, 0.2) is 0 Å². The predicted octanol–water partition coefficient (Wildman–Crippen LogP) is 2.12. The molecule has 1 rings (SSSR count). The Bertz CT molecular complexity index is 216. The zero-order valence-electron chi connectivity index (χ0n) is 12.3. The fraction of sp³-hybridized carbons (Fsp3) is 1.00. The molecule has 0 saturated carbocycles. The summed E-state index contributed by atoms with van der Waals surface area (Å²) in [7, 11) is 0. The normalized spacial score (nSPS) is 25.4. The van der Waals surface area contributed by atoms with Crippen LogP contribution in [-0.2, 0) is 4.74 Å². The molecule has 0 spiro atoms. The monoisotopic (exact) mass is 242 g/mol. The molecular formula is C14H30N2O. The SMILES string of the molecule is CCC1CNC(C)(C)CN1CCOCC(C)C. The standard InChI is InChI=1S/C14H30N2O/c1-6-13-9-15-14(4,5)11-16(13)7-8-17-10-12(2)3/h12-13,15H,6-11H2,1-5H3. The number of hydrogen-bond donors (Lipinski definition) is 1. The molecule has 0 bridgehead atoms. The third-order valence-electron chi connectivity index (χ3n) is 3.38. The van der Waals surface area contributed by atoms with Crippen molar-refractivity contribution >= 4 is 0 Å². The first-order valence-electron chi connectivity index (χ1n) is 7.01. The number of nitrogens with one attached hydrogen (secondary N) is 1. The van der Waals surface area contributed by atoms with Crippen LogP contribution in [0.1, 0.15) is 41.0 Å². The van der Waals surface area contributed by atoms with E-state index in [-0.39, 0.29) is 5.54 Å². The molecule has 1 fully saturated rings. The number of piperazine rings is 1. The summed E-state index contributed by atoms with van der Waals surface area (Å²) in [5.41, 5.74) is 0.240. The van der Waals surface area contributed by atoms with Crippen LogP contribution < -0.4 is 5.32 Å². The van der Waals surface area contributed by atoms with Crippen molar-refractivity contribution in [3.8, 4) is 0 Å². The molecule has 1 aliphatic rings. The molecular weight excluding hydrogens is 212 g/mol. The van der Waals surface area contributed by atoms with Crippen molar-refractivity contribution in [1.29, 1.82) is 0 Å². The van der Waals surface area contributed by atoms with E-state index < -0.39 is 0 Å². The van der Waals surface area contributed by atoms with E-state index in [4.69, 9.17) is 4.74 Å². The first-order chi connectivity index (χ1) is 7.94. The molecule has 1 aliphatic heterocycles. The Hall–Kier alpha value is -0.120. The molecule has 0 amide bonds. The minimum Gasteiger partial charge on any atom is -0.380 e. The average molecular weight is 242 g/mol. The van der Waals surface area contributed by atoms with Gasteiger partial charge in [-0.1, -0.05) is 20.8 Å². The van der Waals surface area contributed by atoms with E-state index in [1.54, 1.807) is 0 Å². The van der Waals surface area contributed by atoms with Crippen molar-refractivity contribution in [2.45, 2.75) is 52.6 Å². The molecule has 0 aromatic carbocycles. The first-order valence-corrected chi connectivity index (χ1v) is 7.01. The summed E-state index contributed by atoms with van der Waals surface area (Å²) in [6.45, 7) is 16.3. The van der Waals surface area contributed by atoms with Gasteiger partial charge in [-0.3, -0.25) is 4.90 Å². The van der Waals surface area contributed by atoms with E-state index in [1.165, 1.54) is 6.42 Å². The molecule has 1 atom stereocenters. The third-order valence-corrected chi connectivity index (χ3v) is 3.38. The Kier molecular flexibility index (Phi) is 5.90. The summed E-state index contributed by atoms with van der Waals surface area (Å²) in [6.07, 6.45) is 1.22. The van der Waals surface area contributed by atoms with Gasteiger partial charge < -0.3 is 10.1 Å². The lowest BCUT2D eigenvalue weighted by Gasteiger charge is -2.44. The van der Waals surface area contributed by atoms with Gasteiger partial charge in [0.25, 0.3) is 0 Å². The highest BCUT2D eigenvalue weighted by atomic mass is 16.5. The summed E-state index contributed by atoms with van der Waals surface area (Å²) in [5, 5.41) is 3.62. The van der Waals surface area contributed by atoms with E-state index in [1.807, 2.05) is 0 Å². The molecule has 3 heteroatoms. The zero-order valence-corrected chi connectivity index (χ0v) is 12.3. The molecule has 0 aromatic heterocycles. The van der Waals surface area contributed by atoms with Crippen molar-refractivity contribution in [2.75, 3.05) is 32.8 Å². The highest BCUT2D eigenvalue weighted by Gasteiger charge is 2.30. The highest BCUT2D eigenvalue weighted by molar-refractivity contribution is 4.91. The van der Waals surface area contributed by atoms with E-state index in [2.05, 4.69) is 44.8 Å². The van der Waals surface area contributed by atoms with E-state index in [0.717, 1.165) is 32.8 Å². The predicted molar refractivity (Wildman–Crippen MR) is 73.4 cm³/mol. The van der Waals surface area contributed by atoms with Gasteiger partial charge in [0.15, 0.2) is 0 Å². The van der Waals surface area contributed by atoms with Gasteiger partial charge in [0.2, 0.25) is 0 Å². The van der Waals surface area contributed by atoms with Crippen molar-refractivity contribution in [3.63, 3.8) is 0 Å². The topological polar surface area (TPSA) is 24.5 Å². The van der Waals surface area contributed by atoms with Gasteiger partial charge in [0.05, 0.1) is 6.61 Å². The molecule has 1 saturated heterocycles. The Labute approximate surface area is 107 Å². The highest BCUT2D eigenvalue weighted by Crippen LogP contribution is 2.16. The van der Waals surface area contributed by atoms with Gasteiger partial charge in [-0.2, -0.15) is 0 Å². The molecule has 3 nitrogen and oxygen atoms in total. The Morgan fingerprint density at radius 1 is 1.41 bits per heavy atom. The van der Waals surface area contributed by atoms with Gasteiger partial charge in [-0.25, -0.2) is 0 Å². The summed E-state index contributed by atoms with van der Waals surface area (Å²) in [4.78, 5) is 2.58. The van der Waals surface area contributed by atoms with Gasteiger partial charge in [-0.05, 0) is 26.2 Å². The van der Waals surface area contributed by atoms with Crippen LogP contribution in [0.5, 0.6) is 0 Å². The van der Waals surface area contributed by atoms with E-state index in [0.29, 0.717) is 12.0 Å². The number of nitrogens with zero attached hydrogens (tertiary/aromatic N) is 1. The van der Waals surface area contributed by atoms with Crippen LogP contribution in [0.25, 0.3) is 0 Å². The van der Waals surface area contributed by atoms with Gasteiger partial charge >= 0.3 is 0 Å². The Morgan fingerprint density at radius 2 is 2.12 bits per heavy atom. The average Bonchev–Trinajstić information content (AvgIpc) is 2.23. The molecule has 0 aliphatic carbocycles. The summed E-state index contributed by atoms with van der Waals surface area (Å²) >= 11 is 0. The molecule has 17 heavy (non-hydrogen) atoms. The van der Waals surface area contributed by atoms with E-state index in [9.17, 15) is 0 Å². The number of rotatable bonds is 6. The fourth-order valence-corrected chi connectivity index (χ4v) is 2.38. The van der Waals surface area contributed by atoms with Crippen LogP contribution >= 0.6 is 0 Å². The van der Waals surface area contributed by atoms with Crippen LogP contribution in [0, 0.1) is 5.92 Å². The first kappa shape index (κ1) is 14.9. The number of hydrogen-bond acceptors (Lipinski definition) is 3. The molecule has 102 valence electrons. The lowest BCUT2D eigenvalue weighted by atomic mass is 9.98. The van der Waals surface area contributed by atoms with Gasteiger partial charge in [0, 0.05) is 37.8 Å².